The Morgan fingerprint density at radius 2 is 1.68 bits per heavy atom. The number of sulfonamides is 1. The van der Waals surface area contributed by atoms with E-state index in [-0.39, 0.29) is 16.5 Å². The SMILES string of the molecule is CCOc1ccc(N(C(C)C(=O)Cl)S(=O)(=O)c2ccc(NC(C)=O)cc2)cc1. The quantitative estimate of drug-likeness (QED) is 0.655. The van der Waals surface area contributed by atoms with Crippen molar-refractivity contribution < 1.29 is 22.7 Å². The highest BCUT2D eigenvalue weighted by molar-refractivity contribution is 7.93. The lowest BCUT2D eigenvalue weighted by Gasteiger charge is -2.28. The summed E-state index contributed by atoms with van der Waals surface area (Å²) in [6.45, 7) is 5.07. The summed E-state index contributed by atoms with van der Waals surface area (Å²) in [6, 6.07) is 10.9. The van der Waals surface area contributed by atoms with E-state index >= 15 is 0 Å². The first-order valence-electron chi connectivity index (χ1n) is 8.51. The van der Waals surface area contributed by atoms with Crippen molar-refractivity contribution in [1.82, 2.24) is 0 Å². The number of nitrogens with zero attached hydrogens (tertiary/aromatic N) is 1. The number of amides is 1. The van der Waals surface area contributed by atoms with Crippen molar-refractivity contribution in [3.8, 4) is 5.75 Å². The zero-order valence-corrected chi connectivity index (χ0v) is 17.3. The van der Waals surface area contributed by atoms with Crippen molar-refractivity contribution in [3.05, 3.63) is 48.5 Å². The first-order chi connectivity index (χ1) is 13.2. The number of halogens is 1. The molecule has 7 nitrogen and oxygen atoms in total. The first-order valence-corrected chi connectivity index (χ1v) is 10.3. The van der Waals surface area contributed by atoms with Crippen LogP contribution in [0.2, 0.25) is 0 Å². The number of benzene rings is 2. The van der Waals surface area contributed by atoms with E-state index in [1.807, 2.05) is 6.92 Å². The number of rotatable bonds is 8. The molecule has 1 N–H and O–H groups in total. The molecule has 1 amide bonds. The topological polar surface area (TPSA) is 92.8 Å². The Bertz CT molecular complexity index is 943. The molecule has 0 spiro atoms. The Morgan fingerprint density at radius 3 is 2.14 bits per heavy atom. The largest absolute Gasteiger partial charge is 0.494 e. The Hall–Kier alpha value is -2.58. The van der Waals surface area contributed by atoms with Gasteiger partial charge in [-0.15, -0.1) is 0 Å². The van der Waals surface area contributed by atoms with E-state index in [0.717, 1.165) is 4.31 Å². The van der Waals surface area contributed by atoms with E-state index in [0.29, 0.717) is 18.0 Å². The molecular formula is C19H21ClN2O5S. The van der Waals surface area contributed by atoms with Gasteiger partial charge in [-0.25, -0.2) is 8.42 Å². The third-order valence-electron chi connectivity index (χ3n) is 3.81. The van der Waals surface area contributed by atoms with Gasteiger partial charge in [-0.1, -0.05) is 0 Å². The second-order valence-corrected chi connectivity index (χ2v) is 8.10. The van der Waals surface area contributed by atoms with Crippen LogP contribution in [0, 0.1) is 0 Å². The van der Waals surface area contributed by atoms with Crippen molar-refractivity contribution in [1.29, 1.82) is 0 Å². The zero-order valence-electron chi connectivity index (χ0n) is 15.7. The monoisotopic (exact) mass is 424 g/mol. The summed E-state index contributed by atoms with van der Waals surface area (Å²) < 4.78 is 32.8. The van der Waals surface area contributed by atoms with Gasteiger partial charge in [-0.05, 0) is 74.0 Å². The van der Waals surface area contributed by atoms with Gasteiger partial charge >= 0.3 is 0 Å². The maximum absolute atomic E-state index is 13.2. The number of carbonyl (C=O) groups excluding carboxylic acids is 2. The van der Waals surface area contributed by atoms with Crippen LogP contribution < -0.4 is 14.4 Å². The van der Waals surface area contributed by atoms with Crippen LogP contribution in [0.5, 0.6) is 5.75 Å². The molecule has 0 heterocycles. The minimum atomic E-state index is -4.09. The fraction of sp³-hybridized carbons (Fsp3) is 0.263. The summed E-state index contributed by atoms with van der Waals surface area (Å²) in [6.07, 6.45) is 0. The van der Waals surface area contributed by atoms with E-state index in [1.165, 1.54) is 38.1 Å². The highest BCUT2D eigenvalue weighted by Crippen LogP contribution is 2.29. The molecule has 0 saturated heterocycles. The van der Waals surface area contributed by atoms with E-state index in [9.17, 15) is 18.0 Å². The zero-order chi connectivity index (χ0) is 20.9. The Morgan fingerprint density at radius 1 is 1.11 bits per heavy atom. The number of ether oxygens (including phenoxy) is 1. The van der Waals surface area contributed by atoms with E-state index in [4.69, 9.17) is 16.3 Å². The van der Waals surface area contributed by atoms with Gasteiger partial charge < -0.3 is 10.1 Å². The summed E-state index contributed by atoms with van der Waals surface area (Å²) in [5.74, 6) is 0.307. The molecule has 0 bridgehead atoms. The molecule has 1 unspecified atom stereocenters. The van der Waals surface area contributed by atoms with Crippen molar-refractivity contribution >= 4 is 44.1 Å². The summed E-state index contributed by atoms with van der Waals surface area (Å²) in [5.41, 5.74) is 0.733. The van der Waals surface area contributed by atoms with E-state index in [1.54, 1.807) is 24.3 Å². The van der Waals surface area contributed by atoms with Crippen LogP contribution in [0.1, 0.15) is 20.8 Å². The first kappa shape index (κ1) is 21.7. The number of anilines is 2. The van der Waals surface area contributed by atoms with E-state index in [2.05, 4.69) is 5.32 Å². The van der Waals surface area contributed by atoms with Gasteiger partial charge in [0, 0.05) is 12.6 Å². The van der Waals surface area contributed by atoms with Crippen LogP contribution in [0.15, 0.2) is 53.4 Å². The second kappa shape index (κ2) is 9.07. The van der Waals surface area contributed by atoms with Gasteiger partial charge in [0.05, 0.1) is 17.2 Å². The van der Waals surface area contributed by atoms with Gasteiger partial charge in [0.2, 0.25) is 11.1 Å². The maximum atomic E-state index is 13.2. The third-order valence-corrected chi connectivity index (χ3v) is 6.04. The number of hydrogen-bond acceptors (Lipinski definition) is 5. The Kier molecular flexibility index (Phi) is 7.04. The predicted molar refractivity (Wildman–Crippen MR) is 108 cm³/mol. The molecule has 0 aromatic heterocycles. The highest BCUT2D eigenvalue weighted by atomic mass is 35.5. The van der Waals surface area contributed by atoms with Crippen molar-refractivity contribution in [2.24, 2.45) is 0 Å². The molecule has 0 aliphatic carbocycles. The summed E-state index contributed by atoms with van der Waals surface area (Å²) in [5, 5.41) is 1.75. The van der Waals surface area contributed by atoms with Crippen LogP contribution in [0.25, 0.3) is 0 Å². The lowest BCUT2D eigenvalue weighted by Crippen LogP contribution is -2.42. The van der Waals surface area contributed by atoms with Crippen LogP contribution in [-0.2, 0) is 19.6 Å². The Balaban J connectivity index is 2.46. The lowest BCUT2D eigenvalue weighted by molar-refractivity contribution is -0.114. The fourth-order valence-corrected chi connectivity index (χ4v) is 4.32. The Labute approximate surface area is 169 Å². The van der Waals surface area contributed by atoms with E-state index < -0.39 is 21.3 Å². The van der Waals surface area contributed by atoms with Crippen molar-refractivity contribution in [2.45, 2.75) is 31.7 Å². The summed E-state index contributed by atoms with van der Waals surface area (Å²) in [4.78, 5) is 22.9. The van der Waals surface area contributed by atoms with Gasteiger partial charge in [0.15, 0.2) is 0 Å². The molecule has 150 valence electrons. The predicted octanol–water partition coefficient (Wildman–Crippen LogP) is 3.39. The molecule has 0 aliphatic heterocycles. The minimum Gasteiger partial charge on any atom is -0.494 e. The van der Waals surface area contributed by atoms with Crippen LogP contribution >= 0.6 is 11.6 Å². The molecule has 0 saturated carbocycles. The highest BCUT2D eigenvalue weighted by Gasteiger charge is 2.32. The molecule has 1 atom stereocenters. The van der Waals surface area contributed by atoms with Gasteiger partial charge in [0.25, 0.3) is 10.0 Å². The van der Waals surface area contributed by atoms with Gasteiger partial charge in [-0.2, -0.15) is 0 Å². The standard InChI is InChI=1S/C19H21ClN2O5S/c1-4-27-17-9-7-16(8-10-17)22(13(2)19(20)24)28(25,26)18-11-5-15(6-12-18)21-14(3)23/h5-13H,4H2,1-3H3,(H,21,23). The molecule has 28 heavy (non-hydrogen) atoms. The maximum Gasteiger partial charge on any atom is 0.265 e. The van der Waals surface area contributed by atoms with Crippen molar-refractivity contribution in [2.75, 3.05) is 16.2 Å². The van der Waals surface area contributed by atoms with Gasteiger partial charge in [0.1, 0.15) is 11.8 Å². The van der Waals surface area contributed by atoms with Crippen molar-refractivity contribution in [3.63, 3.8) is 0 Å². The molecule has 9 heteroatoms. The molecule has 0 radical (unpaired) electrons. The average molecular weight is 425 g/mol. The molecule has 2 aromatic carbocycles. The number of nitrogens with one attached hydrogen (secondary N) is 1. The molecule has 0 aliphatic rings. The number of hydrogen-bond donors (Lipinski definition) is 1. The van der Waals surface area contributed by atoms with Crippen LogP contribution in [0.3, 0.4) is 0 Å². The normalized spacial score (nSPS) is 12.1. The van der Waals surface area contributed by atoms with Crippen LogP contribution in [0.4, 0.5) is 11.4 Å². The fourth-order valence-electron chi connectivity index (χ4n) is 2.55. The molecule has 0 fully saturated rings. The average Bonchev–Trinajstić information content (AvgIpc) is 2.63. The van der Waals surface area contributed by atoms with Gasteiger partial charge in [-0.3, -0.25) is 13.9 Å². The number of carbonyl (C=O) groups is 2. The molecule has 2 rings (SSSR count). The lowest BCUT2D eigenvalue weighted by atomic mass is 10.2. The molecular weight excluding hydrogens is 404 g/mol. The smallest absolute Gasteiger partial charge is 0.265 e. The second-order valence-electron chi connectivity index (χ2n) is 5.91. The minimum absolute atomic E-state index is 0.0414. The van der Waals surface area contributed by atoms with Crippen LogP contribution in [-0.4, -0.2) is 32.2 Å². The third kappa shape index (κ3) is 5.02. The summed E-state index contributed by atoms with van der Waals surface area (Å²) >= 11 is 5.61. The summed E-state index contributed by atoms with van der Waals surface area (Å²) in [7, 11) is -4.09. The molecule has 2 aromatic rings.